The average Bonchev–Trinajstić information content (AvgIpc) is 2.29. The van der Waals surface area contributed by atoms with Crippen molar-refractivity contribution in [2.45, 2.75) is 44.1 Å². The quantitative estimate of drug-likeness (QED) is 0.825. The summed E-state index contributed by atoms with van der Waals surface area (Å²) in [6, 6.07) is 7.38. The van der Waals surface area contributed by atoms with Gasteiger partial charge in [-0.15, -0.1) is 0 Å². The Balaban J connectivity index is 2.49. The molecule has 1 rings (SSSR count). The minimum absolute atomic E-state index is 0.0332. The van der Waals surface area contributed by atoms with E-state index in [0.29, 0.717) is 11.3 Å². The first kappa shape index (κ1) is 15.1. The zero-order valence-corrected chi connectivity index (χ0v) is 11.7. The molecule has 0 aliphatic carbocycles. The third kappa shape index (κ3) is 5.10. The van der Waals surface area contributed by atoms with E-state index >= 15 is 0 Å². The van der Waals surface area contributed by atoms with Crippen molar-refractivity contribution in [1.29, 1.82) is 0 Å². The molecule has 2 atom stereocenters. The summed E-state index contributed by atoms with van der Waals surface area (Å²) in [6.45, 7) is 3.89. The second-order valence-electron chi connectivity index (χ2n) is 4.47. The van der Waals surface area contributed by atoms with E-state index in [1.165, 1.54) is 0 Å². The highest BCUT2D eigenvalue weighted by atomic mass is 32.2. The maximum absolute atomic E-state index is 11.9. The lowest BCUT2D eigenvalue weighted by atomic mass is 10.1. The smallest absolute Gasteiger partial charge is 0.135 e. The molecule has 0 heterocycles. The fraction of sp³-hybridized carbons (Fsp3) is 0.500. The molecule has 0 aliphatic heterocycles. The highest BCUT2D eigenvalue weighted by molar-refractivity contribution is 7.85. The van der Waals surface area contributed by atoms with Crippen molar-refractivity contribution in [2.24, 2.45) is 0 Å². The Labute approximate surface area is 111 Å². The zero-order valence-electron chi connectivity index (χ0n) is 10.9. The average molecular weight is 268 g/mol. The summed E-state index contributed by atoms with van der Waals surface area (Å²) in [5.41, 5.74) is 1.11. The largest absolute Gasteiger partial charge is 0.392 e. The van der Waals surface area contributed by atoms with Gasteiger partial charge < -0.3 is 5.11 Å². The lowest BCUT2D eigenvalue weighted by molar-refractivity contribution is -0.120. The molecule has 18 heavy (non-hydrogen) atoms. The number of carbonyl (C=O) groups excluding carboxylic acids is 1. The molecular weight excluding hydrogens is 248 g/mol. The van der Waals surface area contributed by atoms with E-state index in [0.717, 1.165) is 12.0 Å². The van der Waals surface area contributed by atoms with Gasteiger partial charge in [0.2, 0.25) is 0 Å². The molecule has 0 aromatic heterocycles. The number of carbonyl (C=O) groups is 1. The Hall–Kier alpha value is -1.00. The summed E-state index contributed by atoms with van der Waals surface area (Å²) in [6.07, 6.45) is 0.554. The molecule has 1 N–H and O–H groups in total. The Kier molecular flexibility index (Phi) is 6.22. The number of ketones is 1. The van der Waals surface area contributed by atoms with Crippen LogP contribution in [-0.4, -0.2) is 27.0 Å². The highest BCUT2D eigenvalue weighted by Gasteiger charge is 2.14. The summed E-state index contributed by atoms with van der Waals surface area (Å²) in [7, 11) is -1.24. The minimum atomic E-state index is -1.24. The van der Waals surface area contributed by atoms with Crippen molar-refractivity contribution in [3.63, 3.8) is 0 Å². The SMILES string of the molecule is CCCC(=O)C[C@@H](O)CS(=O)c1ccc(C)cc1. The molecule has 0 bridgehead atoms. The van der Waals surface area contributed by atoms with Gasteiger partial charge >= 0.3 is 0 Å². The zero-order chi connectivity index (χ0) is 13.5. The minimum Gasteiger partial charge on any atom is -0.392 e. The van der Waals surface area contributed by atoms with Gasteiger partial charge in [-0.1, -0.05) is 24.6 Å². The Morgan fingerprint density at radius 2 is 1.94 bits per heavy atom. The van der Waals surface area contributed by atoms with Crippen LogP contribution in [0.3, 0.4) is 0 Å². The van der Waals surface area contributed by atoms with Crippen molar-refractivity contribution < 1.29 is 14.1 Å². The van der Waals surface area contributed by atoms with E-state index in [2.05, 4.69) is 0 Å². The third-order valence-corrected chi connectivity index (χ3v) is 4.11. The number of benzene rings is 1. The first-order chi connectivity index (χ1) is 8.52. The molecule has 1 aromatic rings. The van der Waals surface area contributed by atoms with Crippen molar-refractivity contribution in [2.75, 3.05) is 5.75 Å². The molecule has 0 saturated carbocycles. The standard InChI is InChI=1S/C14H20O3S/c1-3-4-12(15)9-13(16)10-18(17)14-7-5-11(2)6-8-14/h5-8,13,16H,3-4,9-10H2,1-2H3/t13-,18?/m1/s1. The first-order valence-corrected chi connectivity index (χ1v) is 7.49. The molecule has 3 nitrogen and oxygen atoms in total. The number of aryl methyl sites for hydroxylation is 1. The van der Waals surface area contributed by atoms with E-state index < -0.39 is 16.9 Å². The van der Waals surface area contributed by atoms with Gasteiger partial charge in [-0.05, 0) is 25.5 Å². The van der Waals surface area contributed by atoms with Crippen molar-refractivity contribution in [3.8, 4) is 0 Å². The summed E-state index contributed by atoms with van der Waals surface area (Å²) in [4.78, 5) is 12.1. The van der Waals surface area contributed by atoms with Gasteiger partial charge in [-0.2, -0.15) is 0 Å². The number of rotatable bonds is 7. The normalized spacial score (nSPS) is 14.2. The molecular formula is C14H20O3S. The molecule has 0 amide bonds. The van der Waals surface area contributed by atoms with Gasteiger partial charge in [0, 0.05) is 17.7 Å². The predicted molar refractivity (Wildman–Crippen MR) is 73.0 cm³/mol. The van der Waals surface area contributed by atoms with E-state index in [4.69, 9.17) is 0 Å². The summed E-state index contributed by atoms with van der Waals surface area (Å²) in [5, 5.41) is 9.72. The van der Waals surface area contributed by atoms with Crippen LogP contribution in [0.1, 0.15) is 31.7 Å². The van der Waals surface area contributed by atoms with Crippen LogP contribution >= 0.6 is 0 Å². The second-order valence-corrected chi connectivity index (χ2v) is 5.97. The van der Waals surface area contributed by atoms with Crippen LogP contribution in [0.2, 0.25) is 0 Å². The lowest BCUT2D eigenvalue weighted by Gasteiger charge is -2.09. The van der Waals surface area contributed by atoms with E-state index in [1.54, 1.807) is 12.1 Å². The lowest BCUT2D eigenvalue weighted by Crippen LogP contribution is -2.20. The maximum Gasteiger partial charge on any atom is 0.135 e. The van der Waals surface area contributed by atoms with Crippen molar-refractivity contribution in [1.82, 2.24) is 0 Å². The molecule has 0 aliphatic rings. The fourth-order valence-electron chi connectivity index (χ4n) is 1.66. The number of aliphatic hydroxyl groups is 1. The Morgan fingerprint density at radius 1 is 1.33 bits per heavy atom. The molecule has 1 aromatic carbocycles. The molecule has 1 unspecified atom stereocenters. The van der Waals surface area contributed by atoms with Gasteiger partial charge in [0.1, 0.15) is 5.78 Å². The molecule has 0 fully saturated rings. The molecule has 0 radical (unpaired) electrons. The molecule has 0 saturated heterocycles. The first-order valence-electron chi connectivity index (χ1n) is 6.17. The van der Waals surface area contributed by atoms with Gasteiger partial charge in [0.25, 0.3) is 0 Å². The van der Waals surface area contributed by atoms with Crippen LogP contribution < -0.4 is 0 Å². The van der Waals surface area contributed by atoms with Crippen LogP contribution in [-0.2, 0) is 15.6 Å². The van der Waals surface area contributed by atoms with Crippen molar-refractivity contribution in [3.05, 3.63) is 29.8 Å². The van der Waals surface area contributed by atoms with Gasteiger partial charge in [0.05, 0.1) is 22.7 Å². The summed E-state index contributed by atoms with van der Waals surface area (Å²) >= 11 is 0. The highest BCUT2D eigenvalue weighted by Crippen LogP contribution is 2.11. The molecule has 0 spiro atoms. The van der Waals surface area contributed by atoms with Gasteiger partial charge in [-0.25, -0.2) is 0 Å². The second kappa shape index (κ2) is 7.44. The Morgan fingerprint density at radius 3 is 2.50 bits per heavy atom. The van der Waals surface area contributed by atoms with Crippen LogP contribution in [0.25, 0.3) is 0 Å². The van der Waals surface area contributed by atoms with Crippen LogP contribution in [0.5, 0.6) is 0 Å². The summed E-state index contributed by atoms with van der Waals surface area (Å²) in [5.74, 6) is 0.157. The van der Waals surface area contributed by atoms with E-state index in [1.807, 2.05) is 26.0 Å². The molecule has 100 valence electrons. The number of Topliss-reactive ketones (excluding diaryl/α,β-unsaturated/α-hetero) is 1. The number of hydrogen-bond donors (Lipinski definition) is 1. The van der Waals surface area contributed by atoms with Crippen LogP contribution in [0.4, 0.5) is 0 Å². The Bertz CT molecular complexity index is 412. The maximum atomic E-state index is 11.9. The third-order valence-electron chi connectivity index (χ3n) is 2.62. The van der Waals surface area contributed by atoms with Crippen LogP contribution in [0, 0.1) is 6.92 Å². The number of aliphatic hydroxyl groups excluding tert-OH is 1. The number of hydrogen-bond acceptors (Lipinski definition) is 3. The van der Waals surface area contributed by atoms with Crippen molar-refractivity contribution >= 4 is 16.6 Å². The topological polar surface area (TPSA) is 54.4 Å². The molecule has 4 heteroatoms. The van der Waals surface area contributed by atoms with E-state index in [9.17, 15) is 14.1 Å². The fourth-order valence-corrected chi connectivity index (χ4v) is 2.76. The van der Waals surface area contributed by atoms with E-state index in [-0.39, 0.29) is 18.0 Å². The van der Waals surface area contributed by atoms with Gasteiger partial charge in [-0.3, -0.25) is 9.00 Å². The predicted octanol–water partition coefficient (Wildman–Crippen LogP) is 2.22. The monoisotopic (exact) mass is 268 g/mol. The van der Waals surface area contributed by atoms with Crippen LogP contribution in [0.15, 0.2) is 29.2 Å². The van der Waals surface area contributed by atoms with Gasteiger partial charge in [0.15, 0.2) is 0 Å². The summed E-state index contributed by atoms with van der Waals surface area (Å²) < 4.78 is 11.9.